The van der Waals surface area contributed by atoms with Gasteiger partial charge in [-0.15, -0.1) is 0 Å². The van der Waals surface area contributed by atoms with Gasteiger partial charge in [-0.3, -0.25) is 0 Å². The van der Waals surface area contributed by atoms with Crippen molar-refractivity contribution >= 4 is 43.9 Å². The third-order valence-electron chi connectivity index (χ3n) is 0.175. The molecule has 0 unspecified atom stereocenters. The number of ether oxygens (including phenoxy) is 1. The molecule has 0 atom stereocenters. The number of hydrogen-bond donors (Lipinski definition) is 1. The first-order valence-corrected chi connectivity index (χ1v) is 1.04. The van der Waals surface area contributed by atoms with Crippen LogP contribution in [0.1, 0.15) is 0 Å². The normalized spacial score (nSPS) is 5.50. The molecule has 0 aliphatic heterocycles. The van der Waals surface area contributed by atoms with E-state index in [0.29, 0.717) is 0 Å². The van der Waals surface area contributed by atoms with Crippen LogP contribution in [0.15, 0.2) is 0 Å². The topological polar surface area (TPSA) is 46.5 Å². The summed E-state index contributed by atoms with van der Waals surface area (Å²) >= 11 is 0. The SMILES string of the molecule is COC(=O)O.[CaH2]. The van der Waals surface area contributed by atoms with Crippen molar-refractivity contribution in [1.82, 2.24) is 0 Å². The summed E-state index contributed by atoms with van der Waals surface area (Å²) in [5.74, 6) is 0. The first-order chi connectivity index (χ1) is 2.27. The molecule has 0 aromatic rings. The molecular weight excluding hydrogens is 112 g/mol. The van der Waals surface area contributed by atoms with Gasteiger partial charge in [-0.2, -0.15) is 0 Å². The van der Waals surface area contributed by atoms with Gasteiger partial charge in [0.25, 0.3) is 0 Å². The van der Waals surface area contributed by atoms with E-state index in [1.807, 2.05) is 0 Å². The molecule has 34 valence electrons. The number of rotatable bonds is 0. The van der Waals surface area contributed by atoms with Crippen LogP contribution in [-0.4, -0.2) is 56.1 Å². The van der Waals surface area contributed by atoms with Crippen LogP contribution in [0.4, 0.5) is 4.79 Å². The van der Waals surface area contributed by atoms with Crippen molar-refractivity contribution in [2.75, 3.05) is 7.11 Å². The first-order valence-electron chi connectivity index (χ1n) is 1.04. The molecule has 0 rings (SSSR count). The molecule has 0 aliphatic rings. The van der Waals surface area contributed by atoms with Crippen molar-refractivity contribution < 1.29 is 14.6 Å². The van der Waals surface area contributed by atoms with E-state index in [-0.39, 0.29) is 37.7 Å². The molecule has 0 amide bonds. The maximum atomic E-state index is 9.15. The second-order valence-corrected chi connectivity index (χ2v) is 0.470. The molecule has 0 radical (unpaired) electrons. The zero-order valence-corrected chi connectivity index (χ0v) is 2.76. The molecule has 0 saturated heterocycles. The van der Waals surface area contributed by atoms with Crippen LogP contribution in [0.3, 0.4) is 0 Å². The van der Waals surface area contributed by atoms with Crippen LogP contribution < -0.4 is 0 Å². The summed E-state index contributed by atoms with van der Waals surface area (Å²) in [7, 11) is 1.10. The Morgan fingerprint density at radius 3 is 2.00 bits per heavy atom. The summed E-state index contributed by atoms with van der Waals surface area (Å²) in [6.07, 6.45) is -1.25. The van der Waals surface area contributed by atoms with E-state index >= 15 is 0 Å². The zero-order chi connectivity index (χ0) is 4.28. The third-order valence-corrected chi connectivity index (χ3v) is 0.175. The average Bonchev–Trinajstić information content (AvgIpc) is 1.38. The van der Waals surface area contributed by atoms with Crippen LogP contribution in [0.2, 0.25) is 0 Å². The van der Waals surface area contributed by atoms with Crippen molar-refractivity contribution in [1.29, 1.82) is 0 Å². The molecule has 0 aromatic carbocycles. The van der Waals surface area contributed by atoms with E-state index in [4.69, 9.17) is 9.90 Å². The van der Waals surface area contributed by atoms with E-state index in [1.165, 1.54) is 0 Å². The van der Waals surface area contributed by atoms with Crippen molar-refractivity contribution in [2.24, 2.45) is 0 Å². The summed E-state index contributed by atoms with van der Waals surface area (Å²) in [5, 5.41) is 7.50. The molecule has 1 N–H and O–H groups in total. The molecule has 4 heteroatoms. The van der Waals surface area contributed by atoms with Gasteiger partial charge >= 0.3 is 43.9 Å². The van der Waals surface area contributed by atoms with Crippen molar-refractivity contribution in [3.8, 4) is 0 Å². The van der Waals surface area contributed by atoms with Crippen LogP contribution in [0, 0.1) is 0 Å². The van der Waals surface area contributed by atoms with Crippen molar-refractivity contribution in [3.05, 3.63) is 0 Å². The first kappa shape index (κ1) is 9.73. The van der Waals surface area contributed by atoms with Crippen molar-refractivity contribution in [2.45, 2.75) is 0 Å². The van der Waals surface area contributed by atoms with Crippen LogP contribution in [-0.2, 0) is 4.74 Å². The summed E-state index contributed by atoms with van der Waals surface area (Å²) in [5.41, 5.74) is 0. The fourth-order valence-corrected chi connectivity index (χ4v) is 0. The van der Waals surface area contributed by atoms with E-state index in [9.17, 15) is 0 Å². The van der Waals surface area contributed by atoms with Crippen LogP contribution in [0.5, 0.6) is 0 Å². The molecule has 0 heterocycles. The minimum atomic E-state index is -1.25. The predicted octanol–water partition coefficient (Wildman–Crippen LogP) is -0.605. The second kappa shape index (κ2) is 5.53. The van der Waals surface area contributed by atoms with Gasteiger partial charge in [0.1, 0.15) is 0 Å². The van der Waals surface area contributed by atoms with Gasteiger partial charge in [-0.1, -0.05) is 0 Å². The number of hydrogen-bond acceptors (Lipinski definition) is 2. The molecule has 0 aromatic heterocycles. The standard InChI is InChI=1S/C2H4O3.Ca.2H/c1-5-2(3)4;;;/h1H3,(H,3,4);;;. The van der Waals surface area contributed by atoms with Crippen molar-refractivity contribution in [3.63, 3.8) is 0 Å². The Morgan fingerprint density at radius 2 is 2.00 bits per heavy atom. The minimum absolute atomic E-state index is 0. The van der Waals surface area contributed by atoms with Gasteiger partial charge in [0.2, 0.25) is 0 Å². The summed E-state index contributed by atoms with van der Waals surface area (Å²) in [6.45, 7) is 0. The van der Waals surface area contributed by atoms with E-state index in [2.05, 4.69) is 4.74 Å². The monoisotopic (exact) mass is 118 g/mol. The molecule has 6 heavy (non-hydrogen) atoms. The van der Waals surface area contributed by atoms with Crippen LogP contribution in [0.25, 0.3) is 0 Å². The maximum absolute atomic E-state index is 9.15. The van der Waals surface area contributed by atoms with E-state index in [1.54, 1.807) is 0 Å². The second-order valence-electron chi connectivity index (χ2n) is 0.470. The summed E-state index contributed by atoms with van der Waals surface area (Å²) < 4.78 is 3.67. The fraction of sp³-hybridized carbons (Fsp3) is 0.500. The van der Waals surface area contributed by atoms with Gasteiger partial charge < -0.3 is 9.84 Å². The number of methoxy groups -OCH3 is 1. The van der Waals surface area contributed by atoms with Gasteiger partial charge in [-0.25, -0.2) is 4.79 Å². The third kappa shape index (κ3) is 8.82. The van der Waals surface area contributed by atoms with Gasteiger partial charge in [0.05, 0.1) is 7.11 Å². The Bertz CT molecular complexity index is 44.1. The Kier molecular flexibility index (Phi) is 8.97. The molecule has 0 aliphatic carbocycles. The Morgan fingerprint density at radius 1 is 1.83 bits per heavy atom. The Hall–Kier alpha value is 0.530. The van der Waals surface area contributed by atoms with Gasteiger partial charge in [0, 0.05) is 0 Å². The Labute approximate surface area is 65.3 Å². The molecular formula is C2H6CaO3. The summed E-state index contributed by atoms with van der Waals surface area (Å²) in [6, 6.07) is 0. The molecule has 0 fully saturated rings. The molecule has 0 spiro atoms. The zero-order valence-electron chi connectivity index (χ0n) is 2.76. The molecule has 3 nitrogen and oxygen atoms in total. The number of carbonyl (C=O) groups is 1. The Balaban J connectivity index is 0. The quantitative estimate of drug-likeness (QED) is 0.341. The molecule has 0 saturated carbocycles. The fourth-order valence-electron chi connectivity index (χ4n) is 0. The van der Waals surface area contributed by atoms with E-state index < -0.39 is 6.16 Å². The molecule has 0 bridgehead atoms. The summed E-state index contributed by atoms with van der Waals surface area (Å²) in [4.78, 5) is 9.15. The van der Waals surface area contributed by atoms with Crippen LogP contribution >= 0.6 is 0 Å². The number of carboxylic acid groups (broad SMARTS) is 1. The van der Waals surface area contributed by atoms with E-state index in [0.717, 1.165) is 7.11 Å². The predicted molar refractivity (Wildman–Crippen MR) is 23.6 cm³/mol. The average molecular weight is 118 g/mol. The van der Waals surface area contributed by atoms with Gasteiger partial charge in [-0.05, 0) is 0 Å². The van der Waals surface area contributed by atoms with Gasteiger partial charge in [0.15, 0.2) is 0 Å².